The maximum absolute atomic E-state index is 13.3. The van der Waals surface area contributed by atoms with E-state index in [1.807, 2.05) is 289 Å². The van der Waals surface area contributed by atoms with Crippen molar-refractivity contribution in [2.75, 3.05) is 0 Å². The zero-order valence-corrected chi connectivity index (χ0v) is 88.8. The highest BCUT2D eigenvalue weighted by atomic mass is 35.5. The molecule has 0 bridgehead atoms. The number of thiazole rings is 5. The van der Waals surface area contributed by atoms with Crippen molar-refractivity contribution in [1.82, 2.24) is 46.9 Å². The lowest BCUT2D eigenvalue weighted by Crippen LogP contribution is -1.97. The fourth-order valence-corrected chi connectivity index (χ4v) is 20.7. The van der Waals surface area contributed by atoms with Crippen molar-refractivity contribution >= 4 is 175 Å². The Kier molecular flexibility index (Phi) is 32.4. The highest BCUT2D eigenvalue weighted by molar-refractivity contribution is 7.18. The standard InChI is InChI=1S/C24H21N3O4S.C24H22N2O2S.C23H18ClN3O3S.C23H19ClN2OS.C23H19FN2OS/c1-14-4-5-17(10-15(14)2)22(29)9-8-20-23(25-24-26(20)12-16(3)32-24)18-6-7-19(13-28)21(11-18)27(30)31;1-15-4-7-20(12-16(15)2)22(28)11-10-21-23(19-8-5-18(14-27)6-9-19)25-24-26(21)13-17(3)29-24;1-13-4-5-16(10-14(13)2)21(28)9-8-19-22(25-23-26(19)12-15(3)31-23)17-6-7-18(24)20(11-17)27(29)30;2*1-14-4-5-18(12-15(14)2)21(27)11-10-20-22(17-6-8-19(24)9-7-17)25-23-26(20)13-16(3)28-23/h4-12,28H,13H2,1-3H3;4-13,27H,14H2,1-3H3;4-12H,1-3H3;2*4-13H,1-3H3/b9-8+;11-10+;9-8+;2*11-10+. The predicted molar refractivity (Wildman–Crippen MR) is 598 cm³/mol. The summed E-state index contributed by atoms with van der Waals surface area (Å²) in [6.07, 6.45) is 26.7. The van der Waals surface area contributed by atoms with Gasteiger partial charge in [-0.25, -0.2) is 29.3 Å². The van der Waals surface area contributed by atoms with Crippen LogP contribution in [0.25, 0.3) is 111 Å². The van der Waals surface area contributed by atoms with Gasteiger partial charge in [-0.15, -0.1) is 56.7 Å². The van der Waals surface area contributed by atoms with Gasteiger partial charge in [-0.05, 0) is 305 Å². The molecule has 0 aliphatic rings. The maximum atomic E-state index is 13.3. The number of aryl methyl sites for hydroxylation is 15. The van der Waals surface area contributed by atoms with Gasteiger partial charge in [-0.3, -0.25) is 66.2 Å². The number of aliphatic hydroxyl groups is 2. The van der Waals surface area contributed by atoms with Gasteiger partial charge in [-0.2, -0.15) is 0 Å². The second-order valence-corrected chi connectivity index (χ2v) is 42.6. The van der Waals surface area contributed by atoms with Crippen LogP contribution in [0.15, 0.2) is 262 Å². The monoisotopic (exact) mass is 2100 g/mol. The molecule has 0 fully saturated rings. The summed E-state index contributed by atoms with van der Waals surface area (Å²) in [5.74, 6) is -0.665. The first-order chi connectivity index (χ1) is 70.8. The van der Waals surface area contributed by atoms with Crippen LogP contribution in [0.2, 0.25) is 10.0 Å². The van der Waals surface area contributed by atoms with Crippen molar-refractivity contribution in [3.05, 3.63) is 445 Å². The van der Waals surface area contributed by atoms with E-state index in [4.69, 9.17) is 38.2 Å². The van der Waals surface area contributed by atoms with Gasteiger partial charge in [0.1, 0.15) is 10.8 Å². The van der Waals surface area contributed by atoms with Crippen LogP contribution in [0, 0.1) is 130 Å². The minimum Gasteiger partial charge on any atom is -0.392 e. The van der Waals surface area contributed by atoms with Crippen molar-refractivity contribution in [3.8, 4) is 56.3 Å². The van der Waals surface area contributed by atoms with Gasteiger partial charge in [0, 0.05) is 128 Å². The SMILES string of the molecule is Cc1cn2c(/C=C/C(=O)c3ccc(C)c(C)c3)c(-c3ccc(CO)c([N+](=O)[O-])c3)nc2s1.Cc1cn2c(/C=C/C(=O)c3ccc(C)c(C)c3)c(-c3ccc(CO)cc3)nc2s1.Cc1cn2c(/C=C/C(=O)c3ccc(C)c(C)c3)c(-c3ccc(Cl)c([N+](=O)[O-])c3)nc2s1.Cc1cn2c(/C=C/C(=O)c3ccc(C)c(C)c3)c(-c3ccc(Cl)cc3)nc2s1.Cc1cn2c(/C=C/C(=O)c3ccc(C)c(C)c3)c(-c3ccc(F)cc3)nc2s1. The molecule has 10 aromatic carbocycles. The molecule has 31 heteroatoms. The van der Waals surface area contributed by atoms with Gasteiger partial charge in [-0.1, -0.05) is 132 Å². The van der Waals surface area contributed by atoms with E-state index in [0.717, 1.165) is 145 Å². The van der Waals surface area contributed by atoms with E-state index in [9.17, 15) is 58.8 Å². The molecule has 20 rings (SSSR count). The molecule has 20 aromatic rings. The summed E-state index contributed by atoms with van der Waals surface area (Å²) >= 11 is 19.8. The lowest BCUT2D eigenvalue weighted by atomic mass is 10.0. The number of allylic oxidation sites excluding steroid dienone is 5. The average molecular weight is 2100 g/mol. The average Bonchev–Trinajstić information content (AvgIpc) is 1.63. The number of rotatable bonds is 24. The number of nitro benzene ring substituents is 2. The van der Waals surface area contributed by atoms with Crippen molar-refractivity contribution in [2.45, 2.75) is 117 Å². The Labute approximate surface area is 882 Å². The molecule has 0 amide bonds. The molecule has 0 radical (unpaired) electrons. The van der Waals surface area contributed by atoms with Gasteiger partial charge in [0.15, 0.2) is 53.7 Å². The Bertz CT molecular complexity index is 8600. The zero-order valence-electron chi connectivity index (χ0n) is 83.2. The van der Waals surface area contributed by atoms with Crippen molar-refractivity contribution < 1.29 is 48.4 Å². The molecule has 744 valence electrons. The zero-order chi connectivity index (χ0) is 105. The van der Waals surface area contributed by atoms with Crippen LogP contribution < -0.4 is 0 Å². The molecule has 10 heterocycles. The molecule has 0 atom stereocenters. The van der Waals surface area contributed by atoms with Crippen LogP contribution >= 0.6 is 79.9 Å². The van der Waals surface area contributed by atoms with E-state index in [-0.39, 0.29) is 63.3 Å². The number of aliphatic hydroxyl groups excluding tert-OH is 2. The molecule has 0 saturated carbocycles. The third-order valence-electron chi connectivity index (χ3n) is 25.1. The normalized spacial score (nSPS) is 11.5. The second kappa shape index (κ2) is 45.5. The Morgan fingerprint density at radius 1 is 0.311 bits per heavy atom. The number of carbonyl (C=O) groups is 5. The molecular formula is C117H99Cl2FN12O11S5. The molecule has 148 heavy (non-hydrogen) atoms. The molecule has 23 nitrogen and oxygen atoms in total. The number of ketones is 5. The number of halogens is 3. The lowest BCUT2D eigenvalue weighted by Gasteiger charge is -2.04. The van der Waals surface area contributed by atoms with Gasteiger partial charge in [0.05, 0.1) is 85.6 Å². The van der Waals surface area contributed by atoms with Gasteiger partial charge in [0.25, 0.3) is 11.4 Å². The molecule has 0 saturated heterocycles. The smallest absolute Gasteiger partial charge is 0.288 e. The Hall–Kier alpha value is -15.7. The predicted octanol–water partition coefficient (Wildman–Crippen LogP) is 29.7. The van der Waals surface area contributed by atoms with Crippen LogP contribution in [0.3, 0.4) is 0 Å². The van der Waals surface area contributed by atoms with Crippen molar-refractivity contribution in [2.24, 2.45) is 0 Å². The topological polar surface area (TPSA) is 299 Å². The fraction of sp³-hybridized carbons (Fsp3) is 0.145. The van der Waals surface area contributed by atoms with E-state index in [1.54, 1.807) is 107 Å². The number of benzene rings is 10. The Balaban J connectivity index is 0.000000132. The van der Waals surface area contributed by atoms with Crippen LogP contribution in [0.5, 0.6) is 0 Å². The van der Waals surface area contributed by atoms with Crippen molar-refractivity contribution in [1.29, 1.82) is 0 Å². The molecule has 0 unspecified atom stereocenters. The van der Waals surface area contributed by atoms with E-state index >= 15 is 0 Å². The van der Waals surface area contributed by atoms with E-state index in [1.165, 1.54) is 87.2 Å². The van der Waals surface area contributed by atoms with Crippen LogP contribution in [0.1, 0.15) is 171 Å². The summed E-state index contributed by atoms with van der Waals surface area (Å²) < 4.78 is 23.1. The van der Waals surface area contributed by atoms with Gasteiger partial charge in [0.2, 0.25) is 0 Å². The van der Waals surface area contributed by atoms with Gasteiger partial charge >= 0.3 is 0 Å². The molecule has 0 spiro atoms. The summed E-state index contributed by atoms with van der Waals surface area (Å²) in [5, 5.41) is 42.2. The van der Waals surface area contributed by atoms with E-state index in [0.29, 0.717) is 66.7 Å². The lowest BCUT2D eigenvalue weighted by molar-refractivity contribution is -0.385. The highest BCUT2D eigenvalue weighted by Crippen LogP contribution is 2.40. The number of imidazole rings is 5. The number of nitrogens with zero attached hydrogens (tertiary/aromatic N) is 12. The third-order valence-corrected chi connectivity index (χ3v) is 30.2. The first kappa shape index (κ1) is 105. The molecule has 0 aliphatic heterocycles. The Morgan fingerprint density at radius 3 is 0.811 bits per heavy atom. The van der Waals surface area contributed by atoms with E-state index in [2.05, 4.69) is 16.9 Å². The third kappa shape index (κ3) is 23.8. The number of nitro groups is 2. The molecule has 2 N–H and O–H groups in total. The maximum Gasteiger partial charge on any atom is 0.288 e. The first-order valence-corrected chi connectivity index (χ1v) is 51.6. The second-order valence-electron chi connectivity index (χ2n) is 35.7. The highest BCUT2D eigenvalue weighted by Gasteiger charge is 2.26. The molecule has 10 aromatic heterocycles. The van der Waals surface area contributed by atoms with Crippen molar-refractivity contribution in [3.63, 3.8) is 0 Å². The minimum atomic E-state index is -0.521. The fourth-order valence-electron chi connectivity index (χ4n) is 16.2. The quantitative estimate of drug-likeness (QED) is 0.0246. The minimum absolute atomic E-state index is 0.00891. The Morgan fingerprint density at radius 2 is 0.554 bits per heavy atom. The number of hydrogen-bond donors (Lipinski definition) is 2. The number of hydrogen-bond acceptors (Lipinski definition) is 21. The van der Waals surface area contributed by atoms with Gasteiger partial charge < -0.3 is 10.2 Å². The molecule has 0 aliphatic carbocycles. The number of aromatic nitrogens is 10. The van der Waals surface area contributed by atoms with Crippen LogP contribution in [-0.2, 0) is 13.2 Å². The molecular weight excluding hydrogens is 2000 g/mol. The summed E-state index contributed by atoms with van der Waals surface area (Å²) in [5.41, 5.74) is 26.3. The summed E-state index contributed by atoms with van der Waals surface area (Å²) in [6.45, 7) is 29.7. The van der Waals surface area contributed by atoms with E-state index < -0.39 is 16.5 Å². The first-order valence-electron chi connectivity index (χ1n) is 46.8. The number of fused-ring (bicyclic) bond motifs is 5. The van der Waals surface area contributed by atoms with Crippen LogP contribution in [-0.4, -0.2) is 95.9 Å². The summed E-state index contributed by atoms with van der Waals surface area (Å²) in [6, 6.07) is 59.2. The summed E-state index contributed by atoms with van der Waals surface area (Å²) in [4.78, 5) is 119. The summed E-state index contributed by atoms with van der Waals surface area (Å²) in [7, 11) is 0. The number of carbonyl (C=O) groups excluding carboxylic acids is 5. The van der Waals surface area contributed by atoms with Crippen LogP contribution in [0.4, 0.5) is 15.8 Å². The largest absolute Gasteiger partial charge is 0.392 e.